The van der Waals surface area contributed by atoms with Crippen LogP contribution in [0.4, 0.5) is 5.69 Å². The van der Waals surface area contributed by atoms with Crippen LogP contribution in [-0.4, -0.2) is 63.2 Å². The first kappa shape index (κ1) is 21.0. The predicted octanol–water partition coefficient (Wildman–Crippen LogP) is 2.44. The van der Waals surface area contributed by atoms with Gasteiger partial charge in [-0.2, -0.15) is 0 Å². The molecule has 164 valence electrons. The van der Waals surface area contributed by atoms with E-state index < -0.39 is 0 Å². The molecule has 2 amide bonds. The highest BCUT2D eigenvalue weighted by atomic mass is 16.5. The van der Waals surface area contributed by atoms with E-state index in [0.717, 1.165) is 0 Å². The minimum Gasteiger partial charge on any atom is -0.497 e. The van der Waals surface area contributed by atoms with Gasteiger partial charge in [0.25, 0.3) is 0 Å². The second-order valence-electron chi connectivity index (χ2n) is 8.69. The molecule has 3 aliphatic heterocycles. The van der Waals surface area contributed by atoms with Crippen LogP contribution >= 0.6 is 0 Å². The summed E-state index contributed by atoms with van der Waals surface area (Å²) in [6, 6.07) is 5.98. The molecule has 0 radical (unpaired) electrons. The standard InChI is InChI=1S/C23H33N3O4/c1-29-18-8-9-21(30-2)20(13-18)26-15-17(12-22(26)27)23(28)24-14-16-6-5-11-25-10-4-3-7-19(16)25/h8-9,13,16-17,19H,3-7,10-12,14-15H2,1-2H3,(H,24,28)/t16-,17+,19-/m1/s1. The molecule has 3 saturated heterocycles. The molecular weight excluding hydrogens is 382 g/mol. The van der Waals surface area contributed by atoms with Crippen molar-refractivity contribution in [3.8, 4) is 11.5 Å². The molecule has 3 fully saturated rings. The van der Waals surface area contributed by atoms with Crippen LogP contribution in [0.15, 0.2) is 18.2 Å². The number of ether oxygens (including phenoxy) is 2. The number of hydrogen-bond donors (Lipinski definition) is 1. The van der Waals surface area contributed by atoms with Crippen molar-refractivity contribution in [3.05, 3.63) is 18.2 Å². The number of fused-ring (bicyclic) bond motifs is 1. The number of nitrogens with one attached hydrogen (secondary N) is 1. The van der Waals surface area contributed by atoms with E-state index in [0.29, 0.717) is 42.2 Å². The molecule has 7 heteroatoms. The highest BCUT2D eigenvalue weighted by Crippen LogP contribution is 2.36. The van der Waals surface area contributed by atoms with E-state index in [1.807, 2.05) is 0 Å². The van der Waals surface area contributed by atoms with Gasteiger partial charge < -0.3 is 24.6 Å². The van der Waals surface area contributed by atoms with Crippen LogP contribution < -0.4 is 19.7 Å². The molecule has 1 aromatic carbocycles. The molecule has 7 nitrogen and oxygen atoms in total. The summed E-state index contributed by atoms with van der Waals surface area (Å²) in [5.41, 5.74) is 0.655. The lowest BCUT2D eigenvalue weighted by atomic mass is 9.83. The van der Waals surface area contributed by atoms with Gasteiger partial charge in [-0.1, -0.05) is 6.42 Å². The lowest BCUT2D eigenvalue weighted by molar-refractivity contribution is -0.126. The lowest BCUT2D eigenvalue weighted by Crippen LogP contribution is -2.51. The maximum Gasteiger partial charge on any atom is 0.227 e. The molecule has 0 unspecified atom stereocenters. The van der Waals surface area contributed by atoms with Gasteiger partial charge >= 0.3 is 0 Å². The number of carbonyl (C=O) groups excluding carboxylic acids is 2. The summed E-state index contributed by atoms with van der Waals surface area (Å²) in [5, 5.41) is 3.17. The Hall–Kier alpha value is -2.28. The first-order valence-electron chi connectivity index (χ1n) is 11.1. The van der Waals surface area contributed by atoms with Gasteiger partial charge in [0.15, 0.2) is 0 Å². The molecule has 3 heterocycles. The molecular formula is C23H33N3O4. The zero-order chi connectivity index (χ0) is 21.1. The monoisotopic (exact) mass is 415 g/mol. The van der Waals surface area contributed by atoms with E-state index in [-0.39, 0.29) is 24.2 Å². The Balaban J connectivity index is 1.37. The number of carbonyl (C=O) groups is 2. The number of nitrogens with zero attached hydrogens (tertiary/aromatic N) is 2. The van der Waals surface area contributed by atoms with Gasteiger partial charge in [0.1, 0.15) is 11.5 Å². The maximum absolute atomic E-state index is 12.9. The van der Waals surface area contributed by atoms with E-state index in [1.54, 1.807) is 37.3 Å². The third-order valence-electron chi connectivity index (χ3n) is 6.94. The van der Waals surface area contributed by atoms with Gasteiger partial charge in [-0.05, 0) is 56.8 Å². The minimum atomic E-state index is -0.334. The summed E-state index contributed by atoms with van der Waals surface area (Å²) < 4.78 is 10.7. The summed E-state index contributed by atoms with van der Waals surface area (Å²) in [4.78, 5) is 29.8. The normalized spacial score (nSPS) is 26.9. The van der Waals surface area contributed by atoms with Crippen LogP contribution in [0.2, 0.25) is 0 Å². The Kier molecular flexibility index (Phi) is 6.46. The smallest absolute Gasteiger partial charge is 0.227 e. The predicted molar refractivity (Wildman–Crippen MR) is 115 cm³/mol. The Morgan fingerprint density at radius 1 is 1.13 bits per heavy atom. The van der Waals surface area contributed by atoms with Crippen molar-refractivity contribution in [2.24, 2.45) is 11.8 Å². The van der Waals surface area contributed by atoms with E-state index in [9.17, 15) is 9.59 Å². The second-order valence-corrected chi connectivity index (χ2v) is 8.69. The Morgan fingerprint density at radius 2 is 1.97 bits per heavy atom. The molecule has 0 aliphatic carbocycles. The molecule has 0 aromatic heterocycles. The molecule has 0 bridgehead atoms. The summed E-state index contributed by atoms with van der Waals surface area (Å²) in [6.45, 7) is 3.48. The van der Waals surface area contributed by atoms with Crippen LogP contribution in [0.25, 0.3) is 0 Å². The molecule has 3 aliphatic rings. The number of rotatable bonds is 6. The fourth-order valence-electron chi connectivity index (χ4n) is 5.32. The summed E-state index contributed by atoms with van der Waals surface area (Å²) in [5.74, 6) is 1.37. The highest BCUT2D eigenvalue weighted by molar-refractivity contribution is 6.01. The quantitative estimate of drug-likeness (QED) is 0.773. The zero-order valence-electron chi connectivity index (χ0n) is 18.1. The molecule has 30 heavy (non-hydrogen) atoms. The average Bonchev–Trinajstić information content (AvgIpc) is 3.18. The first-order valence-corrected chi connectivity index (χ1v) is 11.1. The third kappa shape index (κ3) is 4.26. The van der Waals surface area contributed by atoms with Crippen LogP contribution in [0.3, 0.4) is 0 Å². The summed E-state index contributed by atoms with van der Waals surface area (Å²) >= 11 is 0. The number of anilines is 1. The topological polar surface area (TPSA) is 71.1 Å². The molecule has 3 atom stereocenters. The molecule has 0 saturated carbocycles. The fourth-order valence-corrected chi connectivity index (χ4v) is 5.32. The van der Waals surface area contributed by atoms with Gasteiger partial charge in [0, 0.05) is 31.6 Å². The Labute approximate surface area is 178 Å². The average molecular weight is 416 g/mol. The lowest BCUT2D eigenvalue weighted by Gasteiger charge is -2.44. The zero-order valence-corrected chi connectivity index (χ0v) is 18.1. The third-order valence-corrected chi connectivity index (χ3v) is 6.94. The number of benzene rings is 1. The Bertz CT molecular complexity index is 782. The van der Waals surface area contributed by atoms with Gasteiger partial charge in [0.2, 0.25) is 11.8 Å². The number of amides is 2. The van der Waals surface area contributed by atoms with Crippen molar-refractivity contribution >= 4 is 17.5 Å². The molecule has 1 N–H and O–H groups in total. The van der Waals surface area contributed by atoms with Gasteiger partial charge in [-0.3, -0.25) is 9.59 Å². The van der Waals surface area contributed by atoms with Crippen LogP contribution in [-0.2, 0) is 9.59 Å². The van der Waals surface area contributed by atoms with Crippen LogP contribution in [0.1, 0.15) is 38.5 Å². The van der Waals surface area contributed by atoms with Crippen molar-refractivity contribution < 1.29 is 19.1 Å². The molecule has 1 aromatic rings. The van der Waals surface area contributed by atoms with Gasteiger partial charge in [0.05, 0.1) is 25.8 Å². The largest absolute Gasteiger partial charge is 0.497 e. The first-order chi connectivity index (χ1) is 14.6. The van der Waals surface area contributed by atoms with Crippen LogP contribution in [0.5, 0.6) is 11.5 Å². The number of piperidine rings is 2. The van der Waals surface area contributed by atoms with Gasteiger partial charge in [-0.15, -0.1) is 0 Å². The van der Waals surface area contributed by atoms with Crippen molar-refractivity contribution in [2.75, 3.05) is 45.3 Å². The van der Waals surface area contributed by atoms with Gasteiger partial charge in [-0.25, -0.2) is 0 Å². The highest BCUT2D eigenvalue weighted by Gasteiger charge is 2.38. The van der Waals surface area contributed by atoms with E-state index >= 15 is 0 Å². The van der Waals surface area contributed by atoms with E-state index in [4.69, 9.17) is 9.47 Å². The van der Waals surface area contributed by atoms with Crippen molar-refractivity contribution in [2.45, 2.75) is 44.6 Å². The van der Waals surface area contributed by atoms with Crippen LogP contribution in [0, 0.1) is 11.8 Å². The Morgan fingerprint density at radius 3 is 2.77 bits per heavy atom. The number of hydrogen-bond acceptors (Lipinski definition) is 5. The maximum atomic E-state index is 12.9. The van der Waals surface area contributed by atoms with Crippen molar-refractivity contribution in [3.63, 3.8) is 0 Å². The number of methoxy groups -OCH3 is 2. The SMILES string of the molecule is COc1ccc(OC)c(N2C[C@@H](C(=O)NC[C@H]3CCCN4CCCC[C@H]34)CC2=O)c1. The fraction of sp³-hybridized carbons (Fsp3) is 0.652. The van der Waals surface area contributed by atoms with Crippen molar-refractivity contribution in [1.82, 2.24) is 10.2 Å². The summed E-state index contributed by atoms with van der Waals surface area (Å²) in [6.07, 6.45) is 6.45. The second kappa shape index (κ2) is 9.25. The molecule has 0 spiro atoms. The molecule has 4 rings (SSSR count). The van der Waals surface area contributed by atoms with E-state index in [2.05, 4.69) is 10.2 Å². The summed E-state index contributed by atoms with van der Waals surface area (Å²) in [7, 11) is 3.17. The minimum absolute atomic E-state index is 0.0133. The van der Waals surface area contributed by atoms with E-state index in [1.165, 1.54) is 45.2 Å². The van der Waals surface area contributed by atoms with Crippen molar-refractivity contribution in [1.29, 1.82) is 0 Å².